The minimum Gasteiger partial charge on any atom is -0.507 e. The molecule has 8 heteroatoms. The number of aliphatic hydroxyl groups excluding tert-OH is 1. The second-order valence-electron chi connectivity index (χ2n) is 7.40. The van der Waals surface area contributed by atoms with Crippen LogP contribution in [-0.2, 0) is 9.59 Å². The number of ketones is 1. The summed E-state index contributed by atoms with van der Waals surface area (Å²) in [6.07, 6.45) is 3.53. The zero-order valence-electron chi connectivity index (χ0n) is 15.8. The van der Waals surface area contributed by atoms with E-state index in [0.29, 0.717) is 11.5 Å². The van der Waals surface area contributed by atoms with Gasteiger partial charge in [0.1, 0.15) is 23.3 Å². The van der Waals surface area contributed by atoms with Crippen LogP contribution in [0.5, 0.6) is 0 Å². The standard InChI is InChI=1S/C21H20N2O6/c1-12-6-11-16(29-12)18-17(19(24)13-7-9-15(10-8-13)23(27)28)20(25)21(26)22(18)14-4-2-3-5-14/h6-11,14,18,24H,2-5H2,1H3/b19-17-. The predicted molar refractivity (Wildman–Crippen MR) is 103 cm³/mol. The SMILES string of the molecule is Cc1ccc(C2/C(=C(/O)c3ccc([N+](=O)[O-])cc3)C(=O)C(=O)N2C2CCCC2)o1. The van der Waals surface area contributed by atoms with Gasteiger partial charge in [0.05, 0.1) is 10.5 Å². The molecule has 1 aliphatic heterocycles. The van der Waals surface area contributed by atoms with Gasteiger partial charge in [0.2, 0.25) is 0 Å². The maximum Gasteiger partial charge on any atom is 0.296 e. The summed E-state index contributed by atoms with van der Waals surface area (Å²) in [6.45, 7) is 1.77. The maximum atomic E-state index is 12.9. The smallest absolute Gasteiger partial charge is 0.296 e. The molecule has 1 saturated carbocycles. The zero-order chi connectivity index (χ0) is 20.7. The molecule has 1 aromatic heterocycles. The highest BCUT2D eigenvalue weighted by atomic mass is 16.6. The topological polar surface area (TPSA) is 114 Å². The van der Waals surface area contributed by atoms with Gasteiger partial charge >= 0.3 is 0 Å². The van der Waals surface area contributed by atoms with Gasteiger partial charge in [-0.15, -0.1) is 0 Å². The molecule has 1 aromatic carbocycles. The molecular weight excluding hydrogens is 376 g/mol. The Hall–Kier alpha value is -3.42. The van der Waals surface area contributed by atoms with Gasteiger partial charge in [0, 0.05) is 23.7 Å². The molecule has 4 rings (SSSR count). The van der Waals surface area contributed by atoms with Gasteiger partial charge in [-0.05, 0) is 44.0 Å². The summed E-state index contributed by atoms with van der Waals surface area (Å²) in [5, 5.41) is 21.8. The van der Waals surface area contributed by atoms with E-state index in [-0.39, 0.29) is 28.6 Å². The number of nitrogens with zero attached hydrogens (tertiary/aromatic N) is 2. The largest absolute Gasteiger partial charge is 0.507 e. The number of rotatable bonds is 4. The van der Waals surface area contributed by atoms with Gasteiger partial charge in [0.15, 0.2) is 0 Å². The van der Waals surface area contributed by atoms with Crippen LogP contribution in [0.25, 0.3) is 5.76 Å². The Balaban J connectivity index is 1.84. The van der Waals surface area contributed by atoms with E-state index in [9.17, 15) is 24.8 Å². The van der Waals surface area contributed by atoms with E-state index in [1.807, 2.05) is 0 Å². The lowest BCUT2D eigenvalue weighted by molar-refractivity contribution is -0.384. The molecule has 1 saturated heterocycles. The van der Waals surface area contributed by atoms with Gasteiger partial charge in [0.25, 0.3) is 17.4 Å². The molecule has 150 valence electrons. The third-order valence-corrected chi connectivity index (χ3v) is 5.58. The number of nitro groups is 1. The molecule has 2 fully saturated rings. The molecular formula is C21H20N2O6. The van der Waals surface area contributed by atoms with Crippen molar-refractivity contribution in [3.63, 3.8) is 0 Å². The van der Waals surface area contributed by atoms with E-state index in [2.05, 4.69) is 0 Å². The van der Waals surface area contributed by atoms with E-state index in [4.69, 9.17) is 4.42 Å². The third-order valence-electron chi connectivity index (χ3n) is 5.58. The molecule has 1 amide bonds. The third kappa shape index (κ3) is 3.20. The van der Waals surface area contributed by atoms with Crippen molar-refractivity contribution >= 4 is 23.1 Å². The number of nitro benzene ring substituents is 1. The van der Waals surface area contributed by atoms with Crippen LogP contribution in [0.2, 0.25) is 0 Å². The van der Waals surface area contributed by atoms with Gasteiger partial charge in [-0.2, -0.15) is 0 Å². The van der Waals surface area contributed by atoms with Crippen LogP contribution in [0.4, 0.5) is 5.69 Å². The molecule has 0 radical (unpaired) electrons. The van der Waals surface area contributed by atoms with E-state index in [1.165, 1.54) is 29.2 Å². The van der Waals surface area contributed by atoms with Crippen molar-refractivity contribution in [1.82, 2.24) is 4.90 Å². The molecule has 1 aliphatic carbocycles. The number of carbonyl (C=O) groups excluding carboxylic acids is 2. The lowest BCUT2D eigenvalue weighted by atomic mass is 9.98. The number of likely N-dealkylation sites (tertiary alicyclic amines) is 1. The number of hydrogen-bond donors (Lipinski definition) is 1. The number of hydrogen-bond acceptors (Lipinski definition) is 6. The number of furan rings is 1. The summed E-state index contributed by atoms with van der Waals surface area (Å²) in [5.74, 6) is -0.742. The first-order chi connectivity index (χ1) is 13.9. The number of amides is 1. The fourth-order valence-electron chi connectivity index (χ4n) is 4.19. The first-order valence-electron chi connectivity index (χ1n) is 9.49. The van der Waals surface area contributed by atoms with Gasteiger partial charge in [-0.1, -0.05) is 12.8 Å². The summed E-state index contributed by atoms with van der Waals surface area (Å²) in [4.78, 5) is 37.6. The molecule has 29 heavy (non-hydrogen) atoms. The molecule has 0 spiro atoms. The fourth-order valence-corrected chi connectivity index (χ4v) is 4.19. The van der Waals surface area contributed by atoms with E-state index >= 15 is 0 Å². The predicted octanol–water partition coefficient (Wildman–Crippen LogP) is 3.86. The summed E-state index contributed by atoms with van der Waals surface area (Å²) in [6, 6.07) is 7.75. The molecule has 2 aliphatic rings. The number of carbonyl (C=O) groups is 2. The van der Waals surface area contributed by atoms with Crippen LogP contribution >= 0.6 is 0 Å². The maximum absolute atomic E-state index is 12.9. The van der Waals surface area contributed by atoms with Crippen molar-refractivity contribution in [3.05, 3.63) is 69.2 Å². The highest BCUT2D eigenvalue weighted by Gasteiger charge is 2.50. The number of Topliss-reactive ketones (excluding diaryl/α,β-unsaturated/α-hetero) is 1. The second kappa shape index (κ2) is 7.20. The molecule has 2 heterocycles. The average molecular weight is 396 g/mol. The summed E-state index contributed by atoms with van der Waals surface area (Å²) >= 11 is 0. The van der Waals surface area contributed by atoms with Crippen molar-refractivity contribution in [2.24, 2.45) is 0 Å². The molecule has 1 unspecified atom stereocenters. The molecule has 2 aromatic rings. The molecule has 8 nitrogen and oxygen atoms in total. The van der Waals surface area contributed by atoms with Crippen LogP contribution < -0.4 is 0 Å². The van der Waals surface area contributed by atoms with Crippen LogP contribution in [0, 0.1) is 17.0 Å². The summed E-state index contributed by atoms with van der Waals surface area (Å²) < 4.78 is 5.74. The number of non-ortho nitro benzene ring substituents is 1. The van der Waals surface area contributed by atoms with Crippen molar-refractivity contribution in [1.29, 1.82) is 0 Å². The van der Waals surface area contributed by atoms with Crippen LogP contribution in [0.15, 0.2) is 46.4 Å². The lowest BCUT2D eigenvalue weighted by Gasteiger charge is -2.29. The molecule has 0 bridgehead atoms. The van der Waals surface area contributed by atoms with Gasteiger partial charge in [-0.3, -0.25) is 19.7 Å². The number of aryl methyl sites for hydroxylation is 1. The quantitative estimate of drug-likeness (QED) is 0.276. The van der Waals surface area contributed by atoms with Crippen molar-refractivity contribution in [2.45, 2.75) is 44.7 Å². The first-order valence-corrected chi connectivity index (χ1v) is 9.49. The van der Waals surface area contributed by atoms with E-state index < -0.39 is 22.7 Å². The Morgan fingerprint density at radius 1 is 1.14 bits per heavy atom. The average Bonchev–Trinajstić information content (AvgIpc) is 3.43. The highest BCUT2D eigenvalue weighted by molar-refractivity contribution is 6.46. The van der Waals surface area contributed by atoms with Crippen molar-refractivity contribution < 1.29 is 24.0 Å². The fraction of sp³-hybridized carbons (Fsp3) is 0.333. The van der Waals surface area contributed by atoms with E-state index in [1.54, 1.807) is 19.1 Å². The van der Waals surface area contributed by atoms with Gasteiger partial charge < -0.3 is 14.4 Å². The Morgan fingerprint density at radius 2 is 1.79 bits per heavy atom. The minimum atomic E-state index is -0.818. The molecule has 1 atom stereocenters. The minimum absolute atomic E-state index is 0.0508. The Labute approximate surface area is 166 Å². The normalized spacial score (nSPS) is 21.8. The van der Waals surface area contributed by atoms with E-state index in [0.717, 1.165) is 25.7 Å². The number of benzene rings is 1. The van der Waals surface area contributed by atoms with Crippen molar-refractivity contribution in [2.75, 3.05) is 0 Å². The number of aliphatic hydroxyl groups is 1. The Bertz CT molecular complexity index is 1010. The second-order valence-corrected chi connectivity index (χ2v) is 7.40. The molecule has 1 N–H and O–H groups in total. The highest BCUT2D eigenvalue weighted by Crippen LogP contribution is 2.43. The van der Waals surface area contributed by atoms with Crippen LogP contribution in [0.3, 0.4) is 0 Å². The lowest BCUT2D eigenvalue weighted by Crippen LogP contribution is -2.37. The first kappa shape index (κ1) is 18.9. The Morgan fingerprint density at radius 3 is 2.34 bits per heavy atom. The summed E-state index contributed by atoms with van der Waals surface area (Å²) in [5.41, 5.74) is 0.0459. The Kier molecular flexibility index (Phi) is 4.70. The zero-order valence-corrected chi connectivity index (χ0v) is 15.8. The van der Waals surface area contributed by atoms with Crippen LogP contribution in [-0.4, -0.2) is 32.7 Å². The van der Waals surface area contributed by atoms with Crippen molar-refractivity contribution in [3.8, 4) is 0 Å². The monoisotopic (exact) mass is 396 g/mol. The van der Waals surface area contributed by atoms with Gasteiger partial charge in [-0.25, -0.2) is 0 Å². The summed E-state index contributed by atoms with van der Waals surface area (Å²) in [7, 11) is 0. The van der Waals surface area contributed by atoms with Crippen LogP contribution in [0.1, 0.15) is 48.8 Å².